The summed E-state index contributed by atoms with van der Waals surface area (Å²) in [6.07, 6.45) is 3.33. The molecule has 19 heavy (non-hydrogen) atoms. The second kappa shape index (κ2) is 4.97. The molecule has 3 rings (SSSR count). The van der Waals surface area contributed by atoms with Crippen LogP contribution in [0.25, 0.3) is 0 Å². The van der Waals surface area contributed by atoms with E-state index >= 15 is 0 Å². The fourth-order valence-corrected chi connectivity index (χ4v) is 3.89. The molecule has 1 unspecified atom stereocenters. The van der Waals surface area contributed by atoms with E-state index in [1.807, 2.05) is 6.07 Å². The number of hydrogen-bond donors (Lipinski definition) is 0. The van der Waals surface area contributed by atoms with Gasteiger partial charge in [-0.25, -0.2) is 0 Å². The van der Waals surface area contributed by atoms with Gasteiger partial charge < -0.3 is 4.74 Å². The smallest absolute Gasteiger partial charge is 0.313 e. The number of fused-ring (bicyclic) bond motifs is 1. The zero-order valence-corrected chi connectivity index (χ0v) is 11.5. The Morgan fingerprint density at radius 3 is 2.95 bits per heavy atom. The molecule has 0 bridgehead atoms. The minimum Gasteiger partial charge on any atom is -0.469 e. The monoisotopic (exact) mass is 259 g/mol. The van der Waals surface area contributed by atoms with E-state index in [-0.39, 0.29) is 11.4 Å². The van der Waals surface area contributed by atoms with Crippen LogP contribution in [0.4, 0.5) is 0 Å². The molecule has 3 nitrogen and oxygen atoms in total. The lowest BCUT2D eigenvalue weighted by Gasteiger charge is -2.25. The molecular weight excluding hydrogens is 238 g/mol. The van der Waals surface area contributed by atoms with Gasteiger partial charge >= 0.3 is 5.97 Å². The molecule has 1 saturated heterocycles. The summed E-state index contributed by atoms with van der Waals surface area (Å²) in [5.41, 5.74) is 1.10. The average Bonchev–Trinajstić information content (AvgIpc) is 2.96. The molecule has 0 radical (unpaired) electrons. The number of carbonyl (C=O) groups is 1. The number of carbonyl (C=O) groups excluding carboxylic acids is 1. The second-order valence-electron chi connectivity index (χ2n) is 5.89. The highest BCUT2D eigenvalue weighted by molar-refractivity contribution is 5.78. The predicted molar refractivity (Wildman–Crippen MR) is 73.5 cm³/mol. The van der Waals surface area contributed by atoms with Crippen LogP contribution in [0.3, 0.4) is 0 Å². The molecule has 1 saturated carbocycles. The number of methoxy groups -OCH3 is 1. The minimum absolute atomic E-state index is 0.00515. The van der Waals surface area contributed by atoms with E-state index in [1.54, 1.807) is 0 Å². The zero-order chi connectivity index (χ0) is 13.3. The van der Waals surface area contributed by atoms with Crippen LogP contribution in [0.2, 0.25) is 0 Å². The van der Waals surface area contributed by atoms with Crippen molar-refractivity contribution in [2.45, 2.75) is 25.8 Å². The van der Waals surface area contributed by atoms with Crippen molar-refractivity contribution in [3.63, 3.8) is 0 Å². The summed E-state index contributed by atoms with van der Waals surface area (Å²) in [5.74, 6) is 0.495. The molecule has 1 heterocycles. The van der Waals surface area contributed by atoms with Gasteiger partial charge in [0.05, 0.1) is 12.5 Å². The molecule has 1 aliphatic carbocycles. The van der Waals surface area contributed by atoms with E-state index in [9.17, 15) is 4.79 Å². The molecule has 102 valence electrons. The van der Waals surface area contributed by atoms with Crippen LogP contribution < -0.4 is 0 Å². The molecule has 2 aliphatic rings. The van der Waals surface area contributed by atoms with Gasteiger partial charge in [0.25, 0.3) is 0 Å². The van der Waals surface area contributed by atoms with Crippen molar-refractivity contribution in [3.05, 3.63) is 35.9 Å². The van der Waals surface area contributed by atoms with Crippen molar-refractivity contribution in [2.75, 3.05) is 20.2 Å². The van der Waals surface area contributed by atoms with E-state index in [2.05, 4.69) is 29.2 Å². The molecule has 2 fully saturated rings. The minimum atomic E-state index is -0.219. The third-order valence-corrected chi connectivity index (χ3v) is 4.78. The second-order valence-corrected chi connectivity index (χ2v) is 5.89. The van der Waals surface area contributed by atoms with Gasteiger partial charge in [0.1, 0.15) is 0 Å². The first-order valence-corrected chi connectivity index (χ1v) is 7.09. The standard InChI is InChI=1S/C16H21NO2/c1-19-15(18)16-9-5-8-14(16)11-17(12-16)10-13-6-3-2-4-7-13/h2-4,6-7,14H,5,8-12H2,1H3/t14-,16?/m0/s1. The third kappa shape index (κ3) is 2.16. The van der Waals surface area contributed by atoms with Crippen molar-refractivity contribution >= 4 is 5.97 Å². The number of ether oxygens (including phenoxy) is 1. The van der Waals surface area contributed by atoms with Crippen molar-refractivity contribution in [3.8, 4) is 0 Å². The Hall–Kier alpha value is -1.35. The highest BCUT2D eigenvalue weighted by Crippen LogP contribution is 2.49. The highest BCUT2D eigenvalue weighted by Gasteiger charge is 2.55. The molecule has 0 amide bonds. The Morgan fingerprint density at radius 2 is 2.21 bits per heavy atom. The van der Waals surface area contributed by atoms with E-state index in [1.165, 1.54) is 25.5 Å². The maximum absolute atomic E-state index is 12.2. The third-order valence-electron chi connectivity index (χ3n) is 4.78. The quantitative estimate of drug-likeness (QED) is 0.781. The summed E-state index contributed by atoms with van der Waals surface area (Å²) in [7, 11) is 1.52. The summed E-state index contributed by atoms with van der Waals surface area (Å²) in [5, 5.41) is 0. The van der Waals surface area contributed by atoms with Gasteiger partial charge in [-0.2, -0.15) is 0 Å². The maximum atomic E-state index is 12.2. The predicted octanol–water partition coefficient (Wildman–Crippen LogP) is 2.46. The van der Waals surface area contributed by atoms with Crippen molar-refractivity contribution < 1.29 is 9.53 Å². The number of esters is 1. The van der Waals surface area contributed by atoms with Gasteiger partial charge in [-0.1, -0.05) is 36.8 Å². The summed E-state index contributed by atoms with van der Waals surface area (Å²) >= 11 is 0. The summed E-state index contributed by atoms with van der Waals surface area (Å²) in [4.78, 5) is 14.6. The van der Waals surface area contributed by atoms with E-state index in [0.29, 0.717) is 5.92 Å². The van der Waals surface area contributed by atoms with Crippen molar-refractivity contribution in [2.24, 2.45) is 11.3 Å². The van der Waals surface area contributed by atoms with Crippen molar-refractivity contribution in [1.29, 1.82) is 0 Å². The summed E-state index contributed by atoms with van der Waals surface area (Å²) in [6.45, 7) is 2.83. The van der Waals surface area contributed by atoms with Crippen LogP contribution in [-0.2, 0) is 16.1 Å². The highest BCUT2D eigenvalue weighted by atomic mass is 16.5. The van der Waals surface area contributed by atoms with E-state index in [0.717, 1.165) is 26.1 Å². The topological polar surface area (TPSA) is 29.5 Å². The Kier molecular flexibility index (Phi) is 3.31. The van der Waals surface area contributed by atoms with Crippen molar-refractivity contribution in [1.82, 2.24) is 4.90 Å². The Bertz CT molecular complexity index is 459. The molecule has 1 aromatic rings. The number of benzene rings is 1. The summed E-state index contributed by atoms with van der Waals surface area (Å²) < 4.78 is 5.07. The molecule has 3 heteroatoms. The van der Waals surface area contributed by atoms with Gasteiger partial charge in [0.15, 0.2) is 0 Å². The fraction of sp³-hybridized carbons (Fsp3) is 0.562. The van der Waals surface area contributed by atoms with Gasteiger partial charge in [0, 0.05) is 19.6 Å². The average molecular weight is 259 g/mol. The maximum Gasteiger partial charge on any atom is 0.313 e. The van der Waals surface area contributed by atoms with Crippen LogP contribution in [0.1, 0.15) is 24.8 Å². The lowest BCUT2D eigenvalue weighted by Crippen LogP contribution is -2.36. The first kappa shape index (κ1) is 12.7. The number of nitrogens with zero attached hydrogens (tertiary/aromatic N) is 1. The zero-order valence-electron chi connectivity index (χ0n) is 11.5. The Balaban J connectivity index is 1.73. The van der Waals surface area contributed by atoms with Crippen LogP contribution in [0.5, 0.6) is 0 Å². The lowest BCUT2D eigenvalue weighted by molar-refractivity contribution is -0.153. The van der Waals surface area contributed by atoms with Gasteiger partial charge in [0.2, 0.25) is 0 Å². The van der Waals surface area contributed by atoms with Crippen LogP contribution in [0.15, 0.2) is 30.3 Å². The van der Waals surface area contributed by atoms with Gasteiger partial charge in [-0.3, -0.25) is 9.69 Å². The largest absolute Gasteiger partial charge is 0.469 e. The number of hydrogen-bond acceptors (Lipinski definition) is 3. The SMILES string of the molecule is COC(=O)C12CCC[C@H]1CN(Cc1ccccc1)C2. The Morgan fingerprint density at radius 1 is 1.42 bits per heavy atom. The van der Waals surface area contributed by atoms with Crippen LogP contribution in [0, 0.1) is 11.3 Å². The molecule has 1 aliphatic heterocycles. The number of likely N-dealkylation sites (tertiary alicyclic amines) is 1. The molecular formula is C16H21NO2. The molecule has 0 spiro atoms. The van der Waals surface area contributed by atoms with Gasteiger partial charge in [-0.15, -0.1) is 0 Å². The molecule has 2 atom stereocenters. The molecule has 0 aromatic heterocycles. The number of rotatable bonds is 3. The fourth-order valence-electron chi connectivity index (χ4n) is 3.89. The first-order valence-electron chi connectivity index (χ1n) is 7.09. The normalized spacial score (nSPS) is 30.3. The Labute approximate surface area is 114 Å². The van der Waals surface area contributed by atoms with E-state index < -0.39 is 0 Å². The lowest BCUT2D eigenvalue weighted by atomic mass is 9.81. The van der Waals surface area contributed by atoms with Crippen LogP contribution in [-0.4, -0.2) is 31.1 Å². The first-order chi connectivity index (χ1) is 9.24. The summed E-state index contributed by atoms with van der Waals surface area (Å²) in [6, 6.07) is 10.5. The molecule has 0 N–H and O–H groups in total. The van der Waals surface area contributed by atoms with Crippen LogP contribution >= 0.6 is 0 Å². The molecule has 1 aromatic carbocycles. The van der Waals surface area contributed by atoms with Gasteiger partial charge in [-0.05, 0) is 24.3 Å². The van der Waals surface area contributed by atoms with E-state index in [4.69, 9.17) is 4.74 Å².